The number of aromatic nitrogens is 2. The van der Waals surface area contributed by atoms with E-state index in [2.05, 4.69) is 24.0 Å². The third-order valence-corrected chi connectivity index (χ3v) is 3.73. The Bertz CT molecular complexity index is 869. The van der Waals surface area contributed by atoms with Crippen molar-refractivity contribution >= 4 is 5.97 Å². The van der Waals surface area contributed by atoms with E-state index in [0.717, 1.165) is 5.56 Å². The fourth-order valence-corrected chi connectivity index (χ4v) is 2.38. The van der Waals surface area contributed by atoms with Crippen LogP contribution in [0, 0.1) is 0 Å². The summed E-state index contributed by atoms with van der Waals surface area (Å²) >= 11 is 0. The predicted molar refractivity (Wildman–Crippen MR) is 92.4 cm³/mol. The van der Waals surface area contributed by atoms with Gasteiger partial charge in [-0.1, -0.05) is 55.4 Å². The summed E-state index contributed by atoms with van der Waals surface area (Å²) in [5.74, 6) is 0.539. The van der Waals surface area contributed by atoms with Crippen LogP contribution in [0.5, 0.6) is 5.75 Å². The molecule has 0 radical (unpaired) electrons. The number of carbonyl (C=O) groups is 1. The highest BCUT2D eigenvalue weighted by atomic mass is 16.5. The van der Waals surface area contributed by atoms with Gasteiger partial charge in [-0.2, -0.15) is 4.98 Å². The zero-order valence-electron chi connectivity index (χ0n) is 14.0. The standard InChI is InChI=1S/C19H18N2O4/c1-12(2)13-7-9-14(10-8-13)18-20-19(25-21-18)15-5-3-4-6-16(15)24-11-17(22)23/h3-10,12H,11H2,1-2H3,(H,22,23). The molecule has 0 saturated carbocycles. The van der Waals surface area contributed by atoms with E-state index in [4.69, 9.17) is 14.4 Å². The summed E-state index contributed by atoms with van der Waals surface area (Å²) in [6, 6.07) is 15.0. The molecule has 3 aromatic rings. The molecule has 2 aromatic carbocycles. The van der Waals surface area contributed by atoms with Crippen molar-refractivity contribution in [1.82, 2.24) is 10.1 Å². The monoisotopic (exact) mass is 338 g/mol. The molecule has 0 fully saturated rings. The van der Waals surface area contributed by atoms with Gasteiger partial charge in [-0.05, 0) is 23.6 Å². The van der Waals surface area contributed by atoms with Gasteiger partial charge in [0.05, 0.1) is 5.56 Å². The highest BCUT2D eigenvalue weighted by Crippen LogP contribution is 2.30. The maximum absolute atomic E-state index is 10.7. The molecule has 6 heteroatoms. The lowest BCUT2D eigenvalue weighted by Crippen LogP contribution is -2.09. The van der Waals surface area contributed by atoms with Crippen LogP contribution in [0.25, 0.3) is 22.8 Å². The fraction of sp³-hybridized carbons (Fsp3) is 0.211. The van der Waals surface area contributed by atoms with Crippen LogP contribution in [-0.2, 0) is 4.79 Å². The van der Waals surface area contributed by atoms with Crippen LogP contribution in [0.15, 0.2) is 53.1 Å². The number of benzene rings is 2. The second-order valence-corrected chi connectivity index (χ2v) is 5.88. The van der Waals surface area contributed by atoms with E-state index in [1.54, 1.807) is 24.3 Å². The number of hydrogen-bond donors (Lipinski definition) is 1. The first-order chi connectivity index (χ1) is 12.0. The molecule has 0 bridgehead atoms. The molecule has 1 heterocycles. The predicted octanol–water partition coefficient (Wildman–Crippen LogP) is 3.99. The maximum Gasteiger partial charge on any atom is 0.341 e. The van der Waals surface area contributed by atoms with E-state index in [9.17, 15) is 4.79 Å². The number of ether oxygens (including phenoxy) is 1. The lowest BCUT2D eigenvalue weighted by Gasteiger charge is -2.06. The molecule has 1 N–H and O–H groups in total. The number of carboxylic acid groups (broad SMARTS) is 1. The summed E-state index contributed by atoms with van der Waals surface area (Å²) in [7, 11) is 0. The molecule has 6 nitrogen and oxygen atoms in total. The van der Waals surface area contributed by atoms with Crippen molar-refractivity contribution in [3.8, 4) is 28.6 Å². The second-order valence-electron chi connectivity index (χ2n) is 5.88. The zero-order chi connectivity index (χ0) is 17.8. The Morgan fingerprint density at radius 2 is 1.88 bits per heavy atom. The number of aliphatic carboxylic acids is 1. The summed E-state index contributed by atoms with van der Waals surface area (Å²) < 4.78 is 10.6. The number of para-hydroxylation sites is 1. The summed E-state index contributed by atoms with van der Waals surface area (Å²) in [4.78, 5) is 15.1. The van der Waals surface area contributed by atoms with Gasteiger partial charge < -0.3 is 14.4 Å². The van der Waals surface area contributed by atoms with Crippen molar-refractivity contribution < 1.29 is 19.2 Å². The van der Waals surface area contributed by atoms with Crippen molar-refractivity contribution in [2.45, 2.75) is 19.8 Å². The Morgan fingerprint density at radius 3 is 2.56 bits per heavy atom. The Kier molecular flexibility index (Phi) is 4.79. The van der Waals surface area contributed by atoms with Gasteiger partial charge in [0.25, 0.3) is 5.89 Å². The van der Waals surface area contributed by atoms with E-state index in [0.29, 0.717) is 23.1 Å². The van der Waals surface area contributed by atoms with Crippen molar-refractivity contribution in [3.05, 3.63) is 54.1 Å². The molecule has 0 saturated heterocycles. The summed E-state index contributed by atoms with van der Waals surface area (Å²) in [6.07, 6.45) is 0. The van der Waals surface area contributed by atoms with Crippen molar-refractivity contribution in [2.75, 3.05) is 6.61 Å². The van der Waals surface area contributed by atoms with Crippen LogP contribution < -0.4 is 4.74 Å². The summed E-state index contributed by atoms with van der Waals surface area (Å²) in [5.41, 5.74) is 2.64. The van der Waals surface area contributed by atoms with Gasteiger partial charge in [-0.3, -0.25) is 0 Å². The highest BCUT2D eigenvalue weighted by molar-refractivity contribution is 5.70. The minimum absolute atomic E-state index is 0.281. The number of carboxylic acids is 1. The SMILES string of the molecule is CC(C)c1ccc(-c2noc(-c3ccccc3OCC(=O)O)n2)cc1. The molecule has 128 valence electrons. The van der Waals surface area contributed by atoms with E-state index < -0.39 is 12.6 Å². The number of rotatable bonds is 6. The van der Waals surface area contributed by atoms with Gasteiger partial charge >= 0.3 is 5.97 Å². The molecule has 1 aromatic heterocycles. The zero-order valence-corrected chi connectivity index (χ0v) is 14.0. The Balaban J connectivity index is 1.87. The molecule has 0 amide bonds. The van der Waals surface area contributed by atoms with Crippen LogP contribution in [0.3, 0.4) is 0 Å². The lowest BCUT2D eigenvalue weighted by molar-refractivity contribution is -0.139. The first-order valence-corrected chi connectivity index (χ1v) is 7.92. The molecule has 0 spiro atoms. The molecule has 0 aliphatic heterocycles. The molecule has 3 rings (SSSR count). The van der Waals surface area contributed by atoms with Crippen LogP contribution in [-0.4, -0.2) is 27.8 Å². The molecule has 0 aliphatic rings. The summed E-state index contributed by atoms with van der Waals surface area (Å²) in [6.45, 7) is 3.83. The average Bonchev–Trinajstić information content (AvgIpc) is 3.10. The number of hydrogen-bond acceptors (Lipinski definition) is 5. The number of nitrogens with zero attached hydrogens (tertiary/aromatic N) is 2. The van der Waals surface area contributed by atoms with Gasteiger partial charge in [-0.15, -0.1) is 0 Å². The maximum atomic E-state index is 10.7. The van der Waals surface area contributed by atoms with Gasteiger partial charge in [0.1, 0.15) is 5.75 Å². The fourth-order valence-electron chi connectivity index (χ4n) is 2.38. The van der Waals surface area contributed by atoms with Crippen LogP contribution >= 0.6 is 0 Å². The minimum atomic E-state index is -1.05. The average molecular weight is 338 g/mol. The second kappa shape index (κ2) is 7.17. The van der Waals surface area contributed by atoms with Crippen molar-refractivity contribution in [1.29, 1.82) is 0 Å². The van der Waals surface area contributed by atoms with Crippen molar-refractivity contribution in [3.63, 3.8) is 0 Å². The van der Waals surface area contributed by atoms with E-state index in [-0.39, 0.29) is 5.89 Å². The first-order valence-electron chi connectivity index (χ1n) is 7.92. The topological polar surface area (TPSA) is 85.5 Å². The molecule has 0 aliphatic carbocycles. The third kappa shape index (κ3) is 3.85. The normalized spacial score (nSPS) is 10.8. The molecule has 0 unspecified atom stereocenters. The molecule has 25 heavy (non-hydrogen) atoms. The van der Waals surface area contributed by atoms with Crippen LogP contribution in [0.4, 0.5) is 0 Å². The minimum Gasteiger partial charge on any atom is -0.481 e. The highest BCUT2D eigenvalue weighted by Gasteiger charge is 2.15. The van der Waals surface area contributed by atoms with E-state index in [1.165, 1.54) is 5.56 Å². The Hall–Kier alpha value is -3.15. The van der Waals surface area contributed by atoms with Gasteiger partial charge in [0.2, 0.25) is 5.82 Å². The molecular formula is C19H18N2O4. The van der Waals surface area contributed by atoms with E-state index in [1.807, 2.05) is 24.3 Å². The summed E-state index contributed by atoms with van der Waals surface area (Å²) in [5, 5.41) is 12.8. The Labute approximate surface area is 145 Å². The first kappa shape index (κ1) is 16.7. The third-order valence-electron chi connectivity index (χ3n) is 3.73. The van der Waals surface area contributed by atoms with Crippen LogP contribution in [0.2, 0.25) is 0 Å². The van der Waals surface area contributed by atoms with Gasteiger partial charge in [0.15, 0.2) is 6.61 Å². The molecule has 0 atom stereocenters. The quantitative estimate of drug-likeness (QED) is 0.731. The largest absolute Gasteiger partial charge is 0.481 e. The van der Waals surface area contributed by atoms with Gasteiger partial charge in [-0.25, -0.2) is 4.79 Å². The van der Waals surface area contributed by atoms with Gasteiger partial charge in [0, 0.05) is 5.56 Å². The molecular weight excluding hydrogens is 320 g/mol. The smallest absolute Gasteiger partial charge is 0.341 e. The van der Waals surface area contributed by atoms with E-state index >= 15 is 0 Å². The Morgan fingerprint density at radius 1 is 1.16 bits per heavy atom. The van der Waals surface area contributed by atoms with Crippen molar-refractivity contribution in [2.24, 2.45) is 0 Å². The van der Waals surface area contributed by atoms with Crippen LogP contribution in [0.1, 0.15) is 25.3 Å². The lowest BCUT2D eigenvalue weighted by atomic mass is 10.0.